The fraction of sp³-hybridized carbons (Fsp3) is 1.00. The summed E-state index contributed by atoms with van der Waals surface area (Å²) in [5.74, 6) is 0. The summed E-state index contributed by atoms with van der Waals surface area (Å²) in [6.07, 6.45) is 5.42. The van der Waals surface area contributed by atoms with E-state index in [1.165, 1.54) is 45.3 Å². The van der Waals surface area contributed by atoms with Crippen LogP contribution in [0.4, 0.5) is 0 Å². The Kier molecular flexibility index (Phi) is 6.30. The minimum Gasteiger partial charge on any atom is -0.381 e. The average molecular weight is 292 g/mol. The van der Waals surface area contributed by atoms with Crippen LogP contribution in [0.2, 0.25) is 0 Å². The quantitative estimate of drug-likeness (QED) is 0.696. The van der Waals surface area contributed by atoms with E-state index in [0.717, 1.165) is 5.33 Å². The summed E-state index contributed by atoms with van der Waals surface area (Å²) >= 11 is 3.69. The second kappa shape index (κ2) is 6.97. The van der Waals surface area contributed by atoms with Gasteiger partial charge in [0.1, 0.15) is 0 Å². The summed E-state index contributed by atoms with van der Waals surface area (Å²) in [7, 11) is 1.83. The Labute approximate surface area is 109 Å². The molecule has 0 aliphatic carbocycles. The Bertz CT molecular complexity index is 178. The number of piperidine rings is 1. The second-order valence-corrected chi connectivity index (χ2v) is 5.61. The Balaban J connectivity index is 2.42. The van der Waals surface area contributed by atoms with Crippen molar-refractivity contribution in [3.63, 3.8) is 0 Å². The number of hydrogen-bond acceptors (Lipinski definition) is 2. The van der Waals surface area contributed by atoms with Crippen LogP contribution >= 0.6 is 15.9 Å². The lowest BCUT2D eigenvalue weighted by molar-refractivity contribution is 0.0277. The Morgan fingerprint density at radius 1 is 1.25 bits per heavy atom. The van der Waals surface area contributed by atoms with Crippen LogP contribution in [-0.2, 0) is 4.74 Å². The average Bonchev–Trinajstić information content (AvgIpc) is 2.37. The van der Waals surface area contributed by atoms with Crippen molar-refractivity contribution in [3.8, 4) is 0 Å². The van der Waals surface area contributed by atoms with Crippen LogP contribution in [0.25, 0.3) is 0 Å². The topological polar surface area (TPSA) is 12.5 Å². The predicted octanol–water partition coefficient (Wildman–Crippen LogP) is 3.30. The zero-order valence-electron chi connectivity index (χ0n) is 11.0. The van der Waals surface area contributed by atoms with E-state index >= 15 is 0 Å². The van der Waals surface area contributed by atoms with Gasteiger partial charge in [-0.15, -0.1) is 0 Å². The van der Waals surface area contributed by atoms with Crippen LogP contribution in [0.3, 0.4) is 0 Å². The molecule has 0 radical (unpaired) electrons. The van der Waals surface area contributed by atoms with E-state index in [1.54, 1.807) is 0 Å². The molecule has 2 nitrogen and oxygen atoms in total. The van der Waals surface area contributed by atoms with Crippen molar-refractivity contribution in [1.29, 1.82) is 0 Å². The number of nitrogens with zero attached hydrogens (tertiary/aromatic N) is 1. The molecule has 0 saturated carbocycles. The second-order valence-electron chi connectivity index (χ2n) is 5.05. The van der Waals surface area contributed by atoms with Crippen LogP contribution in [0.15, 0.2) is 0 Å². The molecule has 0 aromatic carbocycles. The summed E-state index contributed by atoms with van der Waals surface area (Å²) in [4.78, 5) is 2.61. The van der Waals surface area contributed by atoms with E-state index in [4.69, 9.17) is 4.74 Å². The largest absolute Gasteiger partial charge is 0.381 e. The fourth-order valence-corrected chi connectivity index (χ4v) is 3.45. The number of methoxy groups -OCH3 is 1. The SMILES string of the molecule is CCC(CC)(CBr)CN1CCC(OC)CC1. The van der Waals surface area contributed by atoms with Gasteiger partial charge in [0.05, 0.1) is 6.10 Å². The van der Waals surface area contributed by atoms with E-state index in [9.17, 15) is 0 Å². The molecule has 1 saturated heterocycles. The normalized spacial score (nSPS) is 20.2. The standard InChI is InChI=1S/C13H26BrNO/c1-4-13(5-2,10-14)11-15-8-6-12(16-3)7-9-15/h12H,4-11H2,1-3H3. The number of alkyl halides is 1. The van der Waals surface area contributed by atoms with Crippen molar-refractivity contribution in [1.82, 2.24) is 4.90 Å². The van der Waals surface area contributed by atoms with Gasteiger partial charge < -0.3 is 9.64 Å². The number of ether oxygens (including phenoxy) is 1. The van der Waals surface area contributed by atoms with E-state index < -0.39 is 0 Å². The van der Waals surface area contributed by atoms with Crippen molar-refractivity contribution in [2.75, 3.05) is 32.1 Å². The number of rotatable bonds is 6. The van der Waals surface area contributed by atoms with Gasteiger partial charge in [-0.1, -0.05) is 29.8 Å². The highest BCUT2D eigenvalue weighted by Crippen LogP contribution is 2.31. The number of halogens is 1. The monoisotopic (exact) mass is 291 g/mol. The first kappa shape index (κ1) is 14.5. The third kappa shape index (κ3) is 3.71. The molecule has 0 spiro atoms. The summed E-state index contributed by atoms with van der Waals surface area (Å²) in [5, 5.41) is 1.12. The molecule has 0 amide bonds. The molecule has 1 fully saturated rings. The smallest absolute Gasteiger partial charge is 0.0595 e. The lowest BCUT2D eigenvalue weighted by atomic mass is 9.83. The number of likely N-dealkylation sites (tertiary alicyclic amines) is 1. The van der Waals surface area contributed by atoms with Crippen LogP contribution in [-0.4, -0.2) is 43.1 Å². The minimum atomic E-state index is 0.472. The molecule has 16 heavy (non-hydrogen) atoms. The molecule has 1 heterocycles. The molecule has 0 aromatic rings. The summed E-state index contributed by atoms with van der Waals surface area (Å²) in [6.45, 7) is 8.27. The molecule has 3 heteroatoms. The van der Waals surface area contributed by atoms with Gasteiger partial charge in [0.25, 0.3) is 0 Å². The molecule has 1 aliphatic heterocycles. The zero-order valence-corrected chi connectivity index (χ0v) is 12.6. The Morgan fingerprint density at radius 2 is 1.81 bits per heavy atom. The molecule has 0 unspecified atom stereocenters. The van der Waals surface area contributed by atoms with E-state index in [2.05, 4.69) is 34.7 Å². The molecule has 0 bridgehead atoms. The van der Waals surface area contributed by atoms with Crippen LogP contribution in [0.1, 0.15) is 39.5 Å². The van der Waals surface area contributed by atoms with Crippen LogP contribution in [0.5, 0.6) is 0 Å². The first-order valence-electron chi connectivity index (χ1n) is 6.50. The lowest BCUT2D eigenvalue weighted by Gasteiger charge is -2.39. The molecular weight excluding hydrogens is 266 g/mol. The predicted molar refractivity (Wildman–Crippen MR) is 73.3 cm³/mol. The van der Waals surface area contributed by atoms with Gasteiger partial charge >= 0.3 is 0 Å². The van der Waals surface area contributed by atoms with Crippen LogP contribution < -0.4 is 0 Å². The fourth-order valence-electron chi connectivity index (χ4n) is 2.48. The first-order chi connectivity index (χ1) is 7.69. The van der Waals surface area contributed by atoms with Gasteiger partial charge in [0.2, 0.25) is 0 Å². The zero-order chi connectivity index (χ0) is 12.0. The van der Waals surface area contributed by atoms with E-state index in [0.29, 0.717) is 11.5 Å². The van der Waals surface area contributed by atoms with Crippen molar-refractivity contribution >= 4 is 15.9 Å². The highest BCUT2D eigenvalue weighted by Gasteiger charge is 2.29. The summed E-state index contributed by atoms with van der Waals surface area (Å²) in [5.41, 5.74) is 0.472. The van der Waals surface area contributed by atoms with E-state index in [-0.39, 0.29) is 0 Å². The van der Waals surface area contributed by atoms with Crippen molar-refractivity contribution in [3.05, 3.63) is 0 Å². The highest BCUT2D eigenvalue weighted by atomic mass is 79.9. The summed E-state index contributed by atoms with van der Waals surface area (Å²) < 4.78 is 5.41. The maximum Gasteiger partial charge on any atom is 0.0595 e. The van der Waals surface area contributed by atoms with Gasteiger partial charge in [-0.25, -0.2) is 0 Å². The molecule has 0 atom stereocenters. The van der Waals surface area contributed by atoms with Gasteiger partial charge in [-0.2, -0.15) is 0 Å². The molecule has 96 valence electrons. The minimum absolute atomic E-state index is 0.472. The van der Waals surface area contributed by atoms with E-state index in [1.807, 2.05) is 7.11 Å². The molecule has 0 aromatic heterocycles. The molecule has 0 N–H and O–H groups in total. The van der Waals surface area contributed by atoms with Crippen molar-refractivity contribution < 1.29 is 4.74 Å². The van der Waals surface area contributed by atoms with Gasteiger partial charge in [0, 0.05) is 32.1 Å². The van der Waals surface area contributed by atoms with Crippen molar-refractivity contribution in [2.45, 2.75) is 45.6 Å². The molecular formula is C13H26BrNO. The highest BCUT2D eigenvalue weighted by molar-refractivity contribution is 9.09. The number of hydrogen-bond donors (Lipinski definition) is 0. The Morgan fingerprint density at radius 3 is 2.19 bits per heavy atom. The van der Waals surface area contributed by atoms with Gasteiger partial charge in [0.15, 0.2) is 0 Å². The van der Waals surface area contributed by atoms with Gasteiger partial charge in [-0.3, -0.25) is 0 Å². The third-order valence-corrected chi connectivity index (χ3v) is 5.40. The Hall–Kier alpha value is 0.400. The lowest BCUT2D eigenvalue weighted by Crippen LogP contribution is -2.44. The van der Waals surface area contributed by atoms with Crippen LogP contribution in [0, 0.1) is 5.41 Å². The summed E-state index contributed by atoms with van der Waals surface area (Å²) in [6, 6.07) is 0. The van der Waals surface area contributed by atoms with Gasteiger partial charge in [-0.05, 0) is 31.1 Å². The molecule has 1 aliphatic rings. The maximum atomic E-state index is 5.41. The van der Waals surface area contributed by atoms with Crippen molar-refractivity contribution in [2.24, 2.45) is 5.41 Å². The third-order valence-electron chi connectivity index (χ3n) is 4.21. The molecule has 1 rings (SSSR count). The first-order valence-corrected chi connectivity index (χ1v) is 7.63. The maximum absolute atomic E-state index is 5.41.